The van der Waals surface area contributed by atoms with Crippen molar-refractivity contribution in [2.45, 2.75) is 77.9 Å². The maximum absolute atomic E-state index is 13.0. The molecule has 2 rings (SSSR count). The first-order valence-electron chi connectivity index (χ1n) is 11.6. The van der Waals surface area contributed by atoms with E-state index < -0.39 is 35.6 Å². The van der Waals surface area contributed by atoms with Crippen molar-refractivity contribution in [2.75, 3.05) is 11.9 Å². The van der Waals surface area contributed by atoms with Crippen LogP contribution in [0, 0.1) is 23.4 Å². The van der Waals surface area contributed by atoms with Crippen molar-refractivity contribution in [1.29, 1.82) is 0 Å². The number of carbonyl (C=O) groups excluding carboxylic acids is 1. The van der Waals surface area contributed by atoms with Crippen LogP contribution in [0.15, 0.2) is 35.2 Å². The summed E-state index contributed by atoms with van der Waals surface area (Å²) in [6.07, 6.45) is 2.96. The maximum atomic E-state index is 13.0. The fraction of sp³-hybridized carbons (Fsp3) is 0.500. The van der Waals surface area contributed by atoms with Crippen molar-refractivity contribution in [1.82, 2.24) is 0 Å². The molecule has 36 heavy (non-hydrogen) atoms. The predicted molar refractivity (Wildman–Crippen MR) is 143 cm³/mol. The van der Waals surface area contributed by atoms with Crippen LogP contribution < -0.4 is 5.32 Å². The molecule has 2 atom stereocenters. The van der Waals surface area contributed by atoms with E-state index in [0.29, 0.717) is 22.1 Å². The standard InChI is InChI=1S/C13H7ClF3NOS.C7H16.C4H10O2.C2H6O/c14-8-2-1-6(3-11(8)20)13(19)18-7-4-9(15)12(17)10(16)5-7;1-4-5-6-7(2)3;1-3(5)4(2)6;1-2-3/h1-5,20H,(H,18,19);7H,4-6H2,1-3H3;3-6H,1-2H3;3H,2H2,1H3. The highest BCUT2D eigenvalue weighted by molar-refractivity contribution is 7.80. The molecule has 0 aromatic heterocycles. The van der Waals surface area contributed by atoms with Crippen LogP contribution in [0.5, 0.6) is 0 Å². The molecule has 2 aromatic rings. The molecule has 0 radical (unpaired) electrons. The Bertz CT molecular complexity index is 870. The SMILES string of the molecule is CC(O)C(C)O.CCCCC(C)C.CCO.O=C(Nc1cc(F)c(F)c(F)c1)c1ccc(Cl)c(S)c1. The minimum Gasteiger partial charge on any atom is -0.397 e. The second kappa shape index (κ2) is 20.3. The number of rotatable bonds is 6. The molecule has 10 heteroatoms. The number of amides is 1. The van der Waals surface area contributed by atoms with E-state index in [0.717, 1.165) is 5.92 Å². The quantitative estimate of drug-likeness (QED) is 0.199. The van der Waals surface area contributed by atoms with Gasteiger partial charge in [0.2, 0.25) is 0 Å². The average Bonchev–Trinajstić information content (AvgIpc) is 2.79. The van der Waals surface area contributed by atoms with Gasteiger partial charge in [0.25, 0.3) is 5.91 Å². The molecule has 5 nitrogen and oxygen atoms in total. The van der Waals surface area contributed by atoms with Gasteiger partial charge in [-0.05, 0) is 44.9 Å². The number of anilines is 1. The van der Waals surface area contributed by atoms with Gasteiger partial charge >= 0.3 is 0 Å². The second-order valence-corrected chi connectivity index (χ2v) is 9.10. The van der Waals surface area contributed by atoms with E-state index in [1.165, 1.54) is 37.5 Å². The zero-order valence-corrected chi connectivity index (χ0v) is 23.3. The van der Waals surface area contributed by atoms with Crippen molar-refractivity contribution in [3.05, 3.63) is 58.4 Å². The lowest BCUT2D eigenvalue weighted by molar-refractivity contribution is 0.0438. The molecule has 0 aliphatic rings. The molecule has 0 spiro atoms. The summed E-state index contributed by atoms with van der Waals surface area (Å²) in [4.78, 5) is 12.2. The topological polar surface area (TPSA) is 89.8 Å². The Hall–Kier alpha value is -1.78. The first-order valence-corrected chi connectivity index (χ1v) is 12.4. The molecule has 0 heterocycles. The fourth-order valence-electron chi connectivity index (χ4n) is 2.10. The molecule has 2 unspecified atom stereocenters. The Morgan fingerprint density at radius 3 is 1.81 bits per heavy atom. The number of unbranched alkanes of at least 4 members (excludes halogenated alkanes) is 1. The summed E-state index contributed by atoms with van der Waals surface area (Å²) in [6.45, 7) is 11.8. The fourth-order valence-corrected chi connectivity index (χ4v) is 2.43. The minimum absolute atomic E-state index is 0.193. The Morgan fingerprint density at radius 1 is 1.00 bits per heavy atom. The summed E-state index contributed by atoms with van der Waals surface area (Å²) in [5.41, 5.74) is 0.00612. The van der Waals surface area contributed by atoms with Gasteiger partial charge in [-0.1, -0.05) is 51.6 Å². The third-order valence-corrected chi connectivity index (χ3v) is 5.11. The highest BCUT2D eigenvalue weighted by atomic mass is 35.5. The second-order valence-electron chi connectivity index (χ2n) is 8.21. The predicted octanol–water partition coefficient (Wildman–Crippen LogP) is 6.88. The van der Waals surface area contributed by atoms with Crippen LogP contribution in [-0.2, 0) is 0 Å². The molecule has 0 bridgehead atoms. The van der Waals surface area contributed by atoms with E-state index in [2.05, 4.69) is 38.7 Å². The van der Waals surface area contributed by atoms with E-state index in [9.17, 15) is 18.0 Å². The molecule has 0 saturated heterocycles. The number of benzene rings is 2. The highest BCUT2D eigenvalue weighted by Gasteiger charge is 2.13. The first-order chi connectivity index (χ1) is 16.7. The molecular formula is C26H39ClF3NO4S. The van der Waals surface area contributed by atoms with E-state index >= 15 is 0 Å². The molecule has 0 saturated carbocycles. The number of thiol groups is 1. The normalized spacial score (nSPS) is 11.6. The number of aliphatic hydroxyl groups excluding tert-OH is 3. The molecule has 4 N–H and O–H groups in total. The van der Waals surface area contributed by atoms with Crippen LogP contribution >= 0.6 is 24.2 Å². The number of nitrogens with one attached hydrogen (secondary N) is 1. The number of hydrogen-bond donors (Lipinski definition) is 5. The van der Waals surface area contributed by atoms with Crippen LogP contribution in [0.25, 0.3) is 0 Å². The summed E-state index contributed by atoms with van der Waals surface area (Å²) >= 11 is 9.81. The van der Waals surface area contributed by atoms with Gasteiger partial charge in [-0.3, -0.25) is 4.79 Å². The highest BCUT2D eigenvalue weighted by Crippen LogP contribution is 2.22. The van der Waals surface area contributed by atoms with Crippen molar-refractivity contribution >= 4 is 35.8 Å². The summed E-state index contributed by atoms with van der Waals surface area (Å²) in [6, 6.07) is 5.66. The van der Waals surface area contributed by atoms with Crippen LogP contribution in [0.1, 0.15) is 71.2 Å². The number of carbonyl (C=O) groups is 1. The van der Waals surface area contributed by atoms with E-state index in [-0.39, 0.29) is 17.9 Å². The zero-order chi connectivity index (χ0) is 28.4. The van der Waals surface area contributed by atoms with Gasteiger partial charge < -0.3 is 20.6 Å². The average molecular weight is 554 g/mol. The van der Waals surface area contributed by atoms with Crippen LogP contribution in [-0.4, -0.2) is 40.0 Å². The Kier molecular flexibility index (Phi) is 20.5. The summed E-state index contributed by atoms with van der Waals surface area (Å²) in [7, 11) is 0. The van der Waals surface area contributed by atoms with Gasteiger partial charge in [0, 0.05) is 34.9 Å². The summed E-state index contributed by atoms with van der Waals surface area (Å²) in [5.74, 6) is -4.08. The van der Waals surface area contributed by atoms with E-state index in [1.807, 2.05) is 0 Å². The van der Waals surface area contributed by atoms with Crippen LogP contribution in [0.2, 0.25) is 5.02 Å². The molecule has 2 aromatic carbocycles. The van der Waals surface area contributed by atoms with Gasteiger partial charge in [-0.25, -0.2) is 13.2 Å². The third kappa shape index (κ3) is 16.8. The lowest BCUT2D eigenvalue weighted by Gasteiger charge is -2.07. The van der Waals surface area contributed by atoms with E-state index in [4.69, 9.17) is 26.9 Å². The van der Waals surface area contributed by atoms with Gasteiger partial charge in [0.15, 0.2) is 17.5 Å². The lowest BCUT2D eigenvalue weighted by Crippen LogP contribution is -2.17. The monoisotopic (exact) mass is 553 g/mol. The van der Waals surface area contributed by atoms with Crippen molar-refractivity contribution in [3.8, 4) is 0 Å². The third-order valence-electron chi connectivity index (χ3n) is 4.28. The van der Waals surface area contributed by atoms with E-state index in [1.54, 1.807) is 20.8 Å². The minimum atomic E-state index is -1.59. The largest absolute Gasteiger partial charge is 0.397 e. The van der Waals surface area contributed by atoms with Gasteiger partial charge in [-0.2, -0.15) is 0 Å². The zero-order valence-electron chi connectivity index (χ0n) is 21.7. The molecule has 1 amide bonds. The molecular weight excluding hydrogens is 515 g/mol. The summed E-state index contributed by atoms with van der Waals surface area (Å²) < 4.78 is 38.8. The molecule has 206 valence electrons. The summed E-state index contributed by atoms with van der Waals surface area (Å²) in [5, 5.41) is 26.9. The van der Waals surface area contributed by atoms with Gasteiger partial charge in [0.05, 0.1) is 17.2 Å². The molecule has 0 aliphatic carbocycles. The van der Waals surface area contributed by atoms with Gasteiger partial charge in [0.1, 0.15) is 0 Å². The van der Waals surface area contributed by atoms with Crippen molar-refractivity contribution < 1.29 is 33.3 Å². The van der Waals surface area contributed by atoms with Crippen molar-refractivity contribution in [2.24, 2.45) is 5.92 Å². The first kappa shape index (κ1) is 36.4. The number of hydrogen-bond acceptors (Lipinski definition) is 5. The smallest absolute Gasteiger partial charge is 0.255 e. The number of aliphatic hydroxyl groups is 3. The number of halogens is 4. The molecule has 0 aliphatic heterocycles. The van der Waals surface area contributed by atoms with Gasteiger partial charge in [-0.15, -0.1) is 12.6 Å². The van der Waals surface area contributed by atoms with Crippen LogP contribution in [0.3, 0.4) is 0 Å². The Balaban J connectivity index is 0. The lowest BCUT2D eigenvalue weighted by atomic mass is 10.1. The Morgan fingerprint density at radius 2 is 1.47 bits per heavy atom. The van der Waals surface area contributed by atoms with Crippen molar-refractivity contribution in [3.63, 3.8) is 0 Å². The molecule has 0 fully saturated rings. The Labute approximate surface area is 223 Å². The maximum Gasteiger partial charge on any atom is 0.255 e. The van der Waals surface area contributed by atoms with Crippen LogP contribution in [0.4, 0.5) is 18.9 Å².